The van der Waals surface area contributed by atoms with Crippen LogP contribution in [0.1, 0.15) is 31.2 Å². The topological polar surface area (TPSA) is 91.9 Å². The second-order valence-electron chi connectivity index (χ2n) is 8.96. The smallest absolute Gasteiger partial charge is 0.247 e. The molecule has 36 heavy (non-hydrogen) atoms. The highest BCUT2D eigenvalue weighted by atomic mass is 35.5. The molecule has 0 radical (unpaired) electrons. The molecule has 1 aliphatic rings. The third kappa shape index (κ3) is 5.58. The van der Waals surface area contributed by atoms with E-state index in [9.17, 15) is 4.79 Å². The molecule has 5 rings (SSSR count). The fourth-order valence-electron chi connectivity index (χ4n) is 4.60. The lowest BCUT2D eigenvalue weighted by Crippen LogP contribution is -2.30. The summed E-state index contributed by atoms with van der Waals surface area (Å²) < 4.78 is 6.17. The first-order chi connectivity index (χ1) is 17.6. The number of anilines is 2. The van der Waals surface area contributed by atoms with Gasteiger partial charge in [0, 0.05) is 34.4 Å². The molecular weight excluding hydrogens is 474 g/mol. The number of aromatic nitrogens is 3. The Morgan fingerprint density at radius 1 is 1.17 bits per heavy atom. The van der Waals surface area contributed by atoms with Crippen molar-refractivity contribution >= 4 is 40.0 Å². The SMILES string of the molecule is C=CC(=O)Nc1cccc(CO[C@H]2CC[C@H](Nc3ncc(Cl)c(-c4c[nH]c5ccccc45)n3)CC2)c1. The van der Waals surface area contributed by atoms with Crippen LogP contribution in [0.3, 0.4) is 0 Å². The van der Waals surface area contributed by atoms with E-state index in [4.69, 9.17) is 21.3 Å². The molecule has 2 aromatic carbocycles. The van der Waals surface area contributed by atoms with E-state index in [0.717, 1.165) is 59.1 Å². The van der Waals surface area contributed by atoms with Crippen molar-refractivity contribution in [3.63, 3.8) is 0 Å². The van der Waals surface area contributed by atoms with Crippen LogP contribution in [-0.2, 0) is 16.1 Å². The highest BCUT2D eigenvalue weighted by molar-refractivity contribution is 6.33. The Morgan fingerprint density at radius 2 is 2.00 bits per heavy atom. The van der Waals surface area contributed by atoms with E-state index in [2.05, 4.69) is 33.2 Å². The number of halogens is 1. The lowest BCUT2D eigenvalue weighted by Gasteiger charge is -2.29. The van der Waals surface area contributed by atoms with Gasteiger partial charge in [-0.15, -0.1) is 0 Å². The molecule has 3 N–H and O–H groups in total. The molecular formula is C28H28ClN5O2. The lowest BCUT2D eigenvalue weighted by molar-refractivity contribution is -0.111. The summed E-state index contributed by atoms with van der Waals surface area (Å²) in [5.41, 5.74) is 4.49. The Kier molecular flexibility index (Phi) is 7.30. The fourth-order valence-corrected chi connectivity index (χ4v) is 4.79. The van der Waals surface area contributed by atoms with Gasteiger partial charge >= 0.3 is 0 Å². The van der Waals surface area contributed by atoms with E-state index in [1.807, 2.05) is 48.7 Å². The van der Waals surface area contributed by atoms with Crippen LogP contribution >= 0.6 is 11.6 Å². The van der Waals surface area contributed by atoms with E-state index in [0.29, 0.717) is 17.6 Å². The summed E-state index contributed by atoms with van der Waals surface area (Å²) in [4.78, 5) is 24.0. The number of H-pyrrole nitrogens is 1. The van der Waals surface area contributed by atoms with Crippen LogP contribution in [0.25, 0.3) is 22.2 Å². The van der Waals surface area contributed by atoms with Crippen molar-refractivity contribution in [1.82, 2.24) is 15.0 Å². The number of amides is 1. The minimum atomic E-state index is -0.225. The summed E-state index contributed by atoms with van der Waals surface area (Å²) in [5.74, 6) is 0.361. The van der Waals surface area contributed by atoms with Crippen LogP contribution in [0.15, 0.2) is 73.6 Å². The van der Waals surface area contributed by atoms with Gasteiger partial charge in [0.2, 0.25) is 11.9 Å². The predicted molar refractivity (Wildman–Crippen MR) is 144 cm³/mol. The summed E-state index contributed by atoms with van der Waals surface area (Å²) in [6.07, 6.45) is 8.89. The standard InChI is InChI=1S/C28H28ClN5O2/c1-2-26(35)32-20-7-5-6-18(14-20)17-36-21-12-10-19(11-13-21)33-28-31-16-24(29)27(34-28)23-15-30-25-9-4-3-8-22(23)25/h2-9,14-16,19,21,30H,1,10-13,17H2,(H,32,35)(H,31,33,34)/t19-,21-. The molecule has 8 heteroatoms. The number of rotatable bonds is 8. The van der Waals surface area contributed by atoms with Gasteiger partial charge in [-0.2, -0.15) is 0 Å². The van der Waals surface area contributed by atoms with Gasteiger partial charge in [-0.1, -0.05) is 48.5 Å². The number of hydrogen-bond acceptors (Lipinski definition) is 5. The van der Waals surface area contributed by atoms with Gasteiger partial charge in [0.15, 0.2) is 0 Å². The molecule has 0 atom stereocenters. The normalized spacial score (nSPS) is 17.6. The average molecular weight is 502 g/mol. The number of carbonyl (C=O) groups is 1. The van der Waals surface area contributed by atoms with E-state index in [1.54, 1.807) is 6.20 Å². The lowest BCUT2D eigenvalue weighted by atomic mass is 9.93. The first-order valence-electron chi connectivity index (χ1n) is 12.1. The van der Waals surface area contributed by atoms with Crippen molar-refractivity contribution in [1.29, 1.82) is 0 Å². The zero-order chi connectivity index (χ0) is 24.9. The zero-order valence-electron chi connectivity index (χ0n) is 19.8. The van der Waals surface area contributed by atoms with Crippen molar-refractivity contribution < 1.29 is 9.53 Å². The maximum atomic E-state index is 11.5. The Hall–Kier alpha value is -3.68. The first-order valence-corrected chi connectivity index (χ1v) is 12.5. The summed E-state index contributed by atoms with van der Waals surface area (Å²) in [5, 5.41) is 7.87. The molecule has 1 aliphatic carbocycles. The third-order valence-electron chi connectivity index (χ3n) is 6.46. The van der Waals surface area contributed by atoms with Crippen molar-refractivity contribution in [2.24, 2.45) is 0 Å². The van der Waals surface area contributed by atoms with Gasteiger partial charge in [-0.3, -0.25) is 4.79 Å². The molecule has 0 bridgehead atoms. The average Bonchev–Trinajstić information content (AvgIpc) is 3.33. The molecule has 0 aliphatic heterocycles. The number of carbonyl (C=O) groups excluding carboxylic acids is 1. The zero-order valence-corrected chi connectivity index (χ0v) is 20.6. The maximum absolute atomic E-state index is 11.5. The molecule has 184 valence electrons. The van der Waals surface area contributed by atoms with Gasteiger partial charge in [-0.25, -0.2) is 9.97 Å². The van der Waals surface area contributed by atoms with Gasteiger partial charge in [0.25, 0.3) is 0 Å². The molecule has 1 saturated carbocycles. The molecule has 0 saturated heterocycles. The Labute approximate surface area is 215 Å². The van der Waals surface area contributed by atoms with E-state index < -0.39 is 0 Å². The Bertz CT molecular complexity index is 1380. The molecule has 1 fully saturated rings. The summed E-state index contributed by atoms with van der Waals surface area (Å²) in [6, 6.07) is 16.1. The first kappa shape index (κ1) is 24.0. The van der Waals surface area contributed by atoms with Crippen molar-refractivity contribution in [3.8, 4) is 11.3 Å². The number of nitrogens with one attached hydrogen (secondary N) is 3. The fraction of sp³-hybridized carbons (Fsp3) is 0.250. The highest BCUT2D eigenvalue weighted by Gasteiger charge is 2.23. The van der Waals surface area contributed by atoms with Crippen LogP contribution in [0.4, 0.5) is 11.6 Å². The van der Waals surface area contributed by atoms with E-state index >= 15 is 0 Å². The van der Waals surface area contributed by atoms with Crippen LogP contribution in [0, 0.1) is 0 Å². The molecule has 2 heterocycles. The van der Waals surface area contributed by atoms with Crippen LogP contribution < -0.4 is 10.6 Å². The minimum absolute atomic E-state index is 0.197. The van der Waals surface area contributed by atoms with Crippen molar-refractivity contribution in [2.75, 3.05) is 10.6 Å². The number of hydrogen-bond donors (Lipinski definition) is 3. The molecule has 7 nitrogen and oxygen atoms in total. The highest BCUT2D eigenvalue weighted by Crippen LogP contribution is 2.33. The van der Waals surface area contributed by atoms with Crippen LogP contribution in [0.5, 0.6) is 0 Å². The Balaban J connectivity index is 1.16. The second-order valence-corrected chi connectivity index (χ2v) is 9.37. The third-order valence-corrected chi connectivity index (χ3v) is 6.74. The number of para-hydroxylation sites is 1. The quantitative estimate of drug-likeness (QED) is 0.245. The van der Waals surface area contributed by atoms with E-state index in [-0.39, 0.29) is 18.1 Å². The predicted octanol–water partition coefficient (Wildman–Crippen LogP) is 6.34. The van der Waals surface area contributed by atoms with Crippen molar-refractivity contribution in [2.45, 2.75) is 44.4 Å². The van der Waals surface area contributed by atoms with Crippen LogP contribution in [0.2, 0.25) is 5.02 Å². The summed E-state index contributed by atoms with van der Waals surface area (Å²) >= 11 is 6.47. The molecule has 0 spiro atoms. The maximum Gasteiger partial charge on any atom is 0.247 e. The number of fused-ring (bicyclic) bond motifs is 1. The number of ether oxygens (including phenoxy) is 1. The van der Waals surface area contributed by atoms with Crippen LogP contribution in [-0.4, -0.2) is 33.0 Å². The largest absolute Gasteiger partial charge is 0.374 e. The molecule has 4 aromatic rings. The second kappa shape index (κ2) is 10.9. The molecule has 2 aromatic heterocycles. The minimum Gasteiger partial charge on any atom is -0.374 e. The Morgan fingerprint density at radius 3 is 2.83 bits per heavy atom. The molecule has 0 unspecified atom stereocenters. The van der Waals surface area contributed by atoms with Gasteiger partial charge in [0.1, 0.15) is 0 Å². The summed E-state index contributed by atoms with van der Waals surface area (Å²) in [6.45, 7) is 3.99. The molecule has 1 amide bonds. The summed E-state index contributed by atoms with van der Waals surface area (Å²) in [7, 11) is 0. The number of nitrogens with zero attached hydrogens (tertiary/aromatic N) is 2. The van der Waals surface area contributed by atoms with E-state index in [1.165, 1.54) is 6.08 Å². The number of benzene rings is 2. The monoisotopic (exact) mass is 501 g/mol. The number of aromatic amines is 1. The van der Waals surface area contributed by atoms with Gasteiger partial charge in [0.05, 0.1) is 29.6 Å². The van der Waals surface area contributed by atoms with Gasteiger partial charge in [-0.05, 0) is 55.5 Å². The van der Waals surface area contributed by atoms with Gasteiger partial charge < -0.3 is 20.4 Å². The van der Waals surface area contributed by atoms with Crippen molar-refractivity contribution in [3.05, 3.63) is 84.2 Å².